The number of carbonyl (C=O) groups is 1. The molecule has 4 rings (SSSR count). The molecule has 4 heteroatoms. The summed E-state index contributed by atoms with van der Waals surface area (Å²) in [7, 11) is 0. The monoisotopic (exact) mass is 436 g/mol. The van der Waals surface area contributed by atoms with Gasteiger partial charge in [-0.05, 0) is 62.8 Å². The Hall–Kier alpha value is -1.91. The lowest BCUT2D eigenvalue weighted by atomic mass is 9.79. The smallest absolute Gasteiger partial charge is 0.257 e. The van der Waals surface area contributed by atoms with Crippen LogP contribution in [0.15, 0.2) is 54.6 Å². The standard InChI is InChI=1S/C28H40N2O2/c31-27(28(32,25-16-7-8-17-25)24-14-5-2-6-15-24)29-26-18-21-30(22-19-26)20-10-9-13-23-11-3-1-4-12-23/h1-3,5-6,9,13-15,23,25-26,32H,4,7-8,10-12,16-22H2,(H,29,31)/b13-9+. The Labute approximate surface area is 193 Å². The summed E-state index contributed by atoms with van der Waals surface area (Å²) < 4.78 is 0. The number of nitrogens with zero attached hydrogens (tertiary/aromatic N) is 1. The first kappa shape index (κ1) is 23.3. The van der Waals surface area contributed by atoms with E-state index in [9.17, 15) is 9.90 Å². The van der Waals surface area contributed by atoms with Crippen molar-refractivity contribution in [3.63, 3.8) is 0 Å². The van der Waals surface area contributed by atoms with Crippen molar-refractivity contribution in [2.45, 2.75) is 75.9 Å². The molecule has 1 aliphatic heterocycles. The van der Waals surface area contributed by atoms with Crippen LogP contribution in [0.1, 0.15) is 69.8 Å². The van der Waals surface area contributed by atoms with Crippen molar-refractivity contribution in [1.82, 2.24) is 10.2 Å². The van der Waals surface area contributed by atoms with Gasteiger partial charge in [-0.25, -0.2) is 0 Å². The molecule has 0 radical (unpaired) electrons. The van der Waals surface area contributed by atoms with E-state index in [2.05, 4.69) is 34.5 Å². The average molecular weight is 437 g/mol. The van der Waals surface area contributed by atoms with Crippen molar-refractivity contribution < 1.29 is 9.90 Å². The number of amides is 1. The molecule has 0 bridgehead atoms. The summed E-state index contributed by atoms with van der Waals surface area (Å²) in [6.45, 7) is 3.12. The molecule has 1 amide bonds. The van der Waals surface area contributed by atoms with E-state index in [0.717, 1.165) is 76.1 Å². The van der Waals surface area contributed by atoms with Gasteiger partial charge in [0.2, 0.25) is 0 Å². The van der Waals surface area contributed by atoms with Gasteiger partial charge in [-0.3, -0.25) is 4.79 Å². The molecule has 1 aromatic rings. The van der Waals surface area contributed by atoms with Crippen LogP contribution in [0.25, 0.3) is 0 Å². The maximum absolute atomic E-state index is 13.4. The first-order valence-corrected chi connectivity index (χ1v) is 12.8. The Bertz CT molecular complexity index is 776. The molecular formula is C28H40N2O2. The predicted octanol–water partition coefficient (Wildman–Crippen LogP) is 4.95. The zero-order valence-corrected chi connectivity index (χ0v) is 19.4. The zero-order chi connectivity index (χ0) is 22.2. The normalized spacial score (nSPS) is 25.2. The molecule has 32 heavy (non-hydrogen) atoms. The zero-order valence-electron chi connectivity index (χ0n) is 19.4. The SMILES string of the molecule is O=C(NC1CCN(CC/C=C/C2CC=CCC2)CC1)C(O)(c1ccccc1)C1CCCC1. The molecule has 2 fully saturated rings. The molecular weight excluding hydrogens is 396 g/mol. The molecule has 2 unspecified atom stereocenters. The van der Waals surface area contributed by atoms with Gasteiger partial charge < -0.3 is 15.3 Å². The van der Waals surface area contributed by atoms with Crippen molar-refractivity contribution in [2.24, 2.45) is 11.8 Å². The van der Waals surface area contributed by atoms with Crippen molar-refractivity contribution in [3.05, 3.63) is 60.2 Å². The Morgan fingerprint density at radius 3 is 2.50 bits per heavy atom. The lowest BCUT2D eigenvalue weighted by molar-refractivity contribution is -0.148. The van der Waals surface area contributed by atoms with E-state index in [-0.39, 0.29) is 17.9 Å². The largest absolute Gasteiger partial charge is 0.375 e. The van der Waals surface area contributed by atoms with E-state index >= 15 is 0 Å². The summed E-state index contributed by atoms with van der Waals surface area (Å²) >= 11 is 0. The first-order chi connectivity index (χ1) is 15.7. The third-order valence-electron chi connectivity index (χ3n) is 7.76. The van der Waals surface area contributed by atoms with Crippen LogP contribution < -0.4 is 5.32 Å². The van der Waals surface area contributed by atoms with Gasteiger partial charge in [0, 0.05) is 31.6 Å². The van der Waals surface area contributed by atoms with Crippen LogP contribution in [0, 0.1) is 11.8 Å². The molecule has 0 spiro atoms. The Balaban J connectivity index is 1.26. The molecule has 1 saturated heterocycles. The van der Waals surface area contributed by atoms with Gasteiger partial charge in [0.05, 0.1) is 0 Å². The van der Waals surface area contributed by atoms with Crippen LogP contribution >= 0.6 is 0 Å². The molecule has 1 aromatic carbocycles. The topological polar surface area (TPSA) is 52.6 Å². The number of likely N-dealkylation sites (tertiary alicyclic amines) is 1. The molecule has 2 aliphatic carbocycles. The highest BCUT2D eigenvalue weighted by Gasteiger charge is 2.46. The number of benzene rings is 1. The maximum Gasteiger partial charge on any atom is 0.257 e. The van der Waals surface area contributed by atoms with Crippen LogP contribution in [0.2, 0.25) is 0 Å². The van der Waals surface area contributed by atoms with Gasteiger partial charge >= 0.3 is 0 Å². The number of nitrogens with one attached hydrogen (secondary N) is 1. The fraction of sp³-hybridized carbons (Fsp3) is 0.607. The number of aliphatic hydroxyl groups is 1. The number of hydrogen-bond donors (Lipinski definition) is 2. The van der Waals surface area contributed by atoms with Crippen molar-refractivity contribution >= 4 is 5.91 Å². The van der Waals surface area contributed by atoms with Crippen molar-refractivity contribution in [1.29, 1.82) is 0 Å². The van der Waals surface area contributed by atoms with E-state index in [0.29, 0.717) is 0 Å². The maximum atomic E-state index is 13.4. The van der Waals surface area contributed by atoms with Crippen LogP contribution in [0.5, 0.6) is 0 Å². The number of rotatable bonds is 8. The second-order valence-corrected chi connectivity index (χ2v) is 9.96. The highest BCUT2D eigenvalue weighted by Crippen LogP contribution is 2.41. The van der Waals surface area contributed by atoms with E-state index in [1.54, 1.807) is 0 Å². The molecule has 174 valence electrons. The summed E-state index contributed by atoms with van der Waals surface area (Å²) in [6, 6.07) is 9.73. The lowest BCUT2D eigenvalue weighted by Gasteiger charge is -2.37. The molecule has 0 aromatic heterocycles. The minimum Gasteiger partial charge on any atom is -0.375 e. The van der Waals surface area contributed by atoms with E-state index in [4.69, 9.17) is 0 Å². The van der Waals surface area contributed by atoms with Crippen LogP contribution in [0.3, 0.4) is 0 Å². The fourth-order valence-electron chi connectivity index (χ4n) is 5.72. The first-order valence-electron chi connectivity index (χ1n) is 12.8. The predicted molar refractivity (Wildman–Crippen MR) is 130 cm³/mol. The summed E-state index contributed by atoms with van der Waals surface area (Å²) in [5, 5.41) is 14.9. The quantitative estimate of drug-likeness (QED) is 0.567. The molecule has 1 saturated carbocycles. The van der Waals surface area contributed by atoms with E-state index in [1.807, 2.05) is 30.3 Å². The average Bonchev–Trinajstić information content (AvgIpc) is 3.39. The number of carbonyl (C=O) groups excluding carboxylic acids is 1. The summed E-state index contributed by atoms with van der Waals surface area (Å²) in [6.07, 6.45) is 20.1. The molecule has 1 heterocycles. The van der Waals surface area contributed by atoms with E-state index in [1.165, 1.54) is 19.3 Å². The fourth-order valence-corrected chi connectivity index (χ4v) is 5.72. The van der Waals surface area contributed by atoms with Crippen LogP contribution in [0.4, 0.5) is 0 Å². The summed E-state index contributed by atoms with van der Waals surface area (Å²) in [4.78, 5) is 15.9. The Morgan fingerprint density at radius 1 is 1.06 bits per heavy atom. The van der Waals surface area contributed by atoms with Crippen molar-refractivity contribution in [3.8, 4) is 0 Å². The van der Waals surface area contributed by atoms with Gasteiger partial charge in [0.1, 0.15) is 0 Å². The second kappa shape index (κ2) is 11.3. The minimum absolute atomic E-state index is 0.0106. The van der Waals surface area contributed by atoms with Gasteiger partial charge in [-0.15, -0.1) is 0 Å². The van der Waals surface area contributed by atoms with Crippen LogP contribution in [-0.4, -0.2) is 41.6 Å². The molecule has 3 aliphatic rings. The summed E-state index contributed by atoms with van der Waals surface area (Å²) in [5.74, 6) is 0.541. The third-order valence-corrected chi connectivity index (χ3v) is 7.76. The Morgan fingerprint density at radius 2 is 1.81 bits per heavy atom. The number of allylic oxidation sites excluding steroid dienone is 3. The minimum atomic E-state index is -1.41. The number of hydrogen-bond acceptors (Lipinski definition) is 3. The third kappa shape index (κ3) is 5.71. The van der Waals surface area contributed by atoms with Crippen LogP contribution in [-0.2, 0) is 10.4 Å². The lowest BCUT2D eigenvalue weighted by Crippen LogP contribution is -2.54. The molecule has 4 nitrogen and oxygen atoms in total. The highest BCUT2D eigenvalue weighted by atomic mass is 16.3. The number of piperidine rings is 1. The van der Waals surface area contributed by atoms with Gasteiger partial charge in [-0.1, -0.05) is 67.5 Å². The summed E-state index contributed by atoms with van der Waals surface area (Å²) in [5.41, 5.74) is -0.671. The molecule has 2 N–H and O–H groups in total. The highest BCUT2D eigenvalue weighted by molar-refractivity contribution is 5.87. The molecule has 2 atom stereocenters. The van der Waals surface area contributed by atoms with Crippen molar-refractivity contribution in [2.75, 3.05) is 19.6 Å². The van der Waals surface area contributed by atoms with Gasteiger partial charge in [0.25, 0.3) is 5.91 Å². The Kier molecular flexibility index (Phi) is 8.20. The second-order valence-electron chi connectivity index (χ2n) is 9.96. The van der Waals surface area contributed by atoms with E-state index < -0.39 is 5.60 Å². The van der Waals surface area contributed by atoms with Gasteiger partial charge in [0.15, 0.2) is 5.60 Å². The van der Waals surface area contributed by atoms with Gasteiger partial charge in [-0.2, -0.15) is 0 Å².